The van der Waals surface area contributed by atoms with E-state index in [1.54, 1.807) is 0 Å². The molecule has 1 unspecified atom stereocenters. The van der Waals surface area contributed by atoms with Crippen molar-refractivity contribution >= 4 is 50.5 Å². The van der Waals surface area contributed by atoms with Gasteiger partial charge in [0.05, 0.1) is 9.92 Å². The lowest BCUT2D eigenvalue weighted by Crippen LogP contribution is -2.24. The summed E-state index contributed by atoms with van der Waals surface area (Å²) < 4.78 is 33.8. The number of benzene rings is 1. The van der Waals surface area contributed by atoms with Crippen LogP contribution in [0.1, 0.15) is 5.56 Å². The average molecular weight is 381 g/mol. The standard InChI is InChI=1S/C11H6Cl2N2O5S2/c12-7-6(22(18,19)11-14-3-21-15-11)2-4-1-5(10(16)17)20-9(4)8(7)13/h2-3,5H,1H2,(H,16,17). The number of hydrogen-bond donors (Lipinski definition) is 1. The fraction of sp³-hybridized carbons (Fsp3) is 0.182. The lowest BCUT2D eigenvalue weighted by molar-refractivity contribution is -0.144. The molecule has 2 heterocycles. The number of ether oxygens (including phenoxy) is 1. The Labute approximate surface area is 138 Å². The van der Waals surface area contributed by atoms with Gasteiger partial charge in [0.15, 0.2) is 6.10 Å². The molecule has 1 N–H and O–H groups in total. The maximum atomic E-state index is 12.5. The van der Waals surface area contributed by atoms with E-state index in [1.165, 1.54) is 11.6 Å². The predicted molar refractivity (Wildman–Crippen MR) is 77.6 cm³/mol. The molecule has 1 aromatic carbocycles. The number of hydrogen-bond acceptors (Lipinski definition) is 7. The van der Waals surface area contributed by atoms with Crippen molar-refractivity contribution in [2.75, 3.05) is 0 Å². The molecule has 0 aliphatic carbocycles. The van der Waals surface area contributed by atoms with Crippen molar-refractivity contribution in [3.8, 4) is 5.75 Å². The molecule has 3 rings (SSSR count). The topological polar surface area (TPSA) is 106 Å². The molecule has 0 saturated carbocycles. The van der Waals surface area contributed by atoms with Crippen LogP contribution in [-0.4, -0.2) is 35.0 Å². The van der Waals surface area contributed by atoms with E-state index in [0.717, 1.165) is 11.5 Å². The van der Waals surface area contributed by atoms with Gasteiger partial charge in [0.1, 0.15) is 16.3 Å². The third-order valence-corrected chi connectivity index (χ3v) is 6.15. The van der Waals surface area contributed by atoms with Crippen LogP contribution in [0.25, 0.3) is 0 Å². The molecule has 0 radical (unpaired) electrons. The first-order valence-electron chi connectivity index (χ1n) is 5.74. The van der Waals surface area contributed by atoms with Crippen molar-refractivity contribution in [3.05, 3.63) is 27.2 Å². The van der Waals surface area contributed by atoms with Crippen molar-refractivity contribution < 1.29 is 23.1 Å². The maximum absolute atomic E-state index is 12.5. The monoisotopic (exact) mass is 380 g/mol. The second-order valence-electron chi connectivity index (χ2n) is 4.36. The second-order valence-corrected chi connectivity index (χ2v) is 7.53. The molecule has 7 nitrogen and oxygen atoms in total. The molecule has 116 valence electrons. The minimum absolute atomic E-state index is 0.00539. The largest absolute Gasteiger partial charge is 0.478 e. The molecule has 1 aromatic heterocycles. The van der Waals surface area contributed by atoms with Crippen LogP contribution in [-0.2, 0) is 21.1 Å². The molecule has 0 bridgehead atoms. The van der Waals surface area contributed by atoms with E-state index in [2.05, 4.69) is 9.36 Å². The van der Waals surface area contributed by atoms with Gasteiger partial charge in [0.2, 0.25) is 9.84 Å². The molecule has 2 aromatic rings. The summed E-state index contributed by atoms with van der Waals surface area (Å²) in [6.07, 6.45) is -1.13. The Morgan fingerprint density at radius 3 is 2.73 bits per heavy atom. The zero-order valence-electron chi connectivity index (χ0n) is 10.5. The van der Waals surface area contributed by atoms with Gasteiger partial charge in [-0.2, -0.15) is 4.37 Å². The minimum Gasteiger partial charge on any atom is -0.478 e. The van der Waals surface area contributed by atoms with Crippen LogP contribution < -0.4 is 4.74 Å². The summed E-state index contributed by atoms with van der Waals surface area (Å²) in [4.78, 5) is 14.4. The molecule has 1 aliphatic rings. The molecule has 0 amide bonds. The number of carbonyl (C=O) groups is 1. The number of nitrogens with zero attached hydrogens (tertiary/aromatic N) is 2. The summed E-state index contributed by atoms with van der Waals surface area (Å²) in [5, 5.41) is 8.21. The summed E-state index contributed by atoms with van der Waals surface area (Å²) in [5.74, 6) is -1.08. The Morgan fingerprint density at radius 2 is 2.14 bits per heavy atom. The number of carboxylic acid groups (broad SMARTS) is 1. The van der Waals surface area contributed by atoms with E-state index in [-0.39, 0.29) is 32.3 Å². The van der Waals surface area contributed by atoms with Gasteiger partial charge in [-0.3, -0.25) is 0 Å². The van der Waals surface area contributed by atoms with Crippen LogP contribution in [0.5, 0.6) is 5.75 Å². The molecule has 22 heavy (non-hydrogen) atoms. The first-order chi connectivity index (χ1) is 10.3. The van der Waals surface area contributed by atoms with E-state index >= 15 is 0 Å². The van der Waals surface area contributed by atoms with Gasteiger partial charge in [-0.1, -0.05) is 23.2 Å². The number of carboxylic acids is 1. The van der Waals surface area contributed by atoms with Gasteiger partial charge in [-0.05, 0) is 17.6 Å². The Hall–Kier alpha value is -1.42. The normalized spacial score (nSPS) is 17.1. The molecule has 11 heteroatoms. The van der Waals surface area contributed by atoms with Gasteiger partial charge in [0, 0.05) is 12.0 Å². The first kappa shape index (κ1) is 15.5. The van der Waals surface area contributed by atoms with Crippen LogP contribution >= 0.6 is 34.7 Å². The number of aliphatic carboxylic acids is 1. The van der Waals surface area contributed by atoms with Crippen molar-refractivity contribution in [3.63, 3.8) is 0 Å². The van der Waals surface area contributed by atoms with Gasteiger partial charge in [-0.25, -0.2) is 18.2 Å². The Bertz CT molecular complexity index is 867. The number of sulfone groups is 1. The van der Waals surface area contributed by atoms with E-state index in [1.807, 2.05) is 0 Å². The van der Waals surface area contributed by atoms with E-state index in [4.69, 9.17) is 33.0 Å². The van der Waals surface area contributed by atoms with Gasteiger partial charge < -0.3 is 9.84 Å². The van der Waals surface area contributed by atoms with E-state index in [9.17, 15) is 13.2 Å². The molecule has 0 saturated heterocycles. The Balaban J connectivity index is 2.16. The zero-order valence-corrected chi connectivity index (χ0v) is 13.6. The first-order valence-corrected chi connectivity index (χ1v) is 8.81. The lowest BCUT2D eigenvalue weighted by Gasteiger charge is -2.09. The Kier molecular flexibility index (Phi) is 3.76. The summed E-state index contributed by atoms with van der Waals surface area (Å²) in [5.41, 5.74) is 1.63. The highest BCUT2D eigenvalue weighted by Crippen LogP contribution is 2.44. The molecule has 1 aliphatic heterocycles. The van der Waals surface area contributed by atoms with E-state index < -0.39 is 21.9 Å². The third kappa shape index (κ3) is 2.34. The highest BCUT2D eigenvalue weighted by Gasteiger charge is 2.35. The van der Waals surface area contributed by atoms with Crippen LogP contribution in [0.15, 0.2) is 21.6 Å². The van der Waals surface area contributed by atoms with Crippen LogP contribution in [0.2, 0.25) is 10.0 Å². The number of halogens is 2. The average Bonchev–Trinajstić information content (AvgIpc) is 3.11. The molecular formula is C11H6Cl2N2O5S2. The highest BCUT2D eigenvalue weighted by molar-refractivity contribution is 7.91. The molecule has 0 fully saturated rings. The fourth-order valence-electron chi connectivity index (χ4n) is 2.01. The number of rotatable bonds is 3. The predicted octanol–water partition coefficient (Wildman–Crippen LogP) is 2.07. The molecule has 1 atom stereocenters. The van der Waals surface area contributed by atoms with Crippen LogP contribution in [0, 0.1) is 0 Å². The maximum Gasteiger partial charge on any atom is 0.345 e. The van der Waals surface area contributed by atoms with Crippen LogP contribution in [0.4, 0.5) is 0 Å². The highest BCUT2D eigenvalue weighted by atomic mass is 35.5. The van der Waals surface area contributed by atoms with Crippen molar-refractivity contribution in [1.29, 1.82) is 0 Å². The van der Waals surface area contributed by atoms with Crippen LogP contribution in [0.3, 0.4) is 0 Å². The summed E-state index contributed by atoms with van der Waals surface area (Å²) in [7, 11) is -4.04. The Morgan fingerprint density at radius 1 is 1.41 bits per heavy atom. The van der Waals surface area contributed by atoms with Gasteiger partial charge >= 0.3 is 5.97 Å². The quantitative estimate of drug-likeness (QED) is 0.867. The number of fused-ring (bicyclic) bond motifs is 1. The SMILES string of the molecule is O=C(O)C1Cc2cc(S(=O)(=O)c3ncsn3)c(Cl)c(Cl)c2O1. The smallest absolute Gasteiger partial charge is 0.345 e. The third-order valence-electron chi connectivity index (χ3n) is 3.02. The minimum atomic E-state index is -4.04. The fourth-order valence-corrected chi connectivity index (χ4v) is 4.72. The summed E-state index contributed by atoms with van der Waals surface area (Å²) in [6, 6.07) is 1.25. The molecule has 0 spiro atoms. The summed E-state index contributed by atoms with van der Waals surface area (Å²) in [6.45, 7) is 0. The van der Waals surface area contributed by atoms with Crippen molar-refractivity contribution in [2.24, 2.45) is 0 Å². The number of aromatic nitrogens is 2. The molecular weight excluding hydrogens is 375 g/mol. The van der Waals surface area contributed by atoms with Crippen molar-refractivity contribution in [2.45, 2.75) is 22.6 Å². The second kappa shape index (κ2) is 5.34. The van der Waals surface area contributed by atoms with Gasteiger partial charge in [0.25, 0.3) is 5.16 Å². The van der Waals surface area contributed by atoms with Crippen molar-refractivity contribution in [1.82, 2.24) is 9.36 Å². The van der Waals surface area contributed by atoms with E-state index in [0.29, 0.717) is 5.56 Å². The summed E-state index contributed by atoms with van der Waals surface area (Å²) >= 11 is 12.9. The lowest BCUT2D eigenvalue weighted by atomic mass is 10.1. The van der Waals surface area contributed by atoms with Gasteiger partial charge in [-0.15, -0.1) is 0 Å². The zero-order chi connectivity index (χ0) is 16.1.